The summed E-state index contributed by atoms with van der Waals surface area (Å²) in [6.45, 7) is 8.00. The van der Waals surface area contributed by atoms with E-state index in [1.165, 1.54) is 4.52 Å². The van der Waals surface area contributed by atoms with E-state index in [9.17, 15) is 4.79 Å². The van der Waals surface area contributed by atoms with Gasteiger partial charge in [0.1, 0.15) is 0 Å². The van der Waals surface area contributed by atoms with Gasteiger partial charge in [-0.2, -0.15) is 4.52 Å². The van der Waals surface area contributed by atoms with Crippen molar-refractivity contribution in [2.24, 2.45) is 0 Å². The van der Waals surface area contributed by atoms with E-state index in [1.54, 1.807) is 48.8 Å². The molecule has 4 rings (SSSR count). The Labute approximate surface area is 186 Å². The summed E-state index contributed by atoms with van der Waals surface area (Å²) in [5.41, 5.74) is 1.97. The first kappa shape index (κ1) is 23.8. The molecule has 0 fully saturated rings. The summed E-state index contributed by atoms with van der Waals surface area (Å²) in [6.07, 6.45) is 3.24. The second kappa shape index (κ2) is 12.2. The molecule has 0 aliphatic heterocycles. The van der Waals surface area contributed by atoms with Crippen LogP contribution in [0.1, 0.15) is 33.5 Å². The number of aromatic nitrogens is 5. The van der Waals surface area contributed by atoms with E-state index in [-0.39, 0.29) is 12.3 Å². The lowest BCUT2D eigenvalue weighted by atomic mass is 10.3. The second-order valence-electron chi connectivity index (χ2n) is 5.71. The average molecular weight is 440 g/mol. The number of halogens is 1. The monoisotopic (exact) mass is 439 g/mol. The zero-order valence-electron chi connectivity index (χ0n) is 18.0. The minimum Gasteiger partial charge on any atom is -0.339 e. The van der Waals surface area contributed by atoms with Crippen LogP contribution in [0.5, 0.6) is 0 Å². The maximum Gasteiger partial charge on any atom is 0.232 e. The molecule has 1 aromatic carbocycles. The van der Waals surface area contributed by atoms with Crippen molar-refractivity contribution in [3.05, 3.63) is 71.8 Å². The van der Waals surface area contributed by atoms with Crippen LogP contribution < -0.4 is 10.6 Å². The third-order valence-corrected chi connectivity index (χ3v) is 3.92. The number of pyridine rings is 1. The van der Waals surface area contributed by atoms with Gasteiger partial charge in [0.05, 0.1) is 18.3 Å². The van der Waals surface area contributed by atoms with E-state index in [4.69, 9.17) is 11.6 Å². The lowest BCUT2D eigenvalue weighted by molar-refractivity contribution is -0.115. The molecule has 9 heteroatoms. The Hall–Kier alpha value is -3.52. The summed E-state index contributed by atoms with van der Waals surface area (Å²) in [6, 6.07) is 14.4. The number of benzene rings is 1. The van der Waals surface area contributed by atoms with E-state index in [0.717, 1.165) is 5.69 Å². The molecule has 3 heterocycles. The van der Waals surface area contributed by atoms with Crippen LogP contribution in [0.4, 0.5) is 17.2 Å². The summed E-state index contributed by atoms with van der Waals surface area (Å²) in [7, 11) is 0. The lowest BCUT2D eigenvalue weighted by Crippen LogP contribution is -2.17. The highest BCUT2D eigenvalue weighted by Gasteiger charge is 2.13. The molecule has 31 heavy (non-hydrogen) atoms. The van der Waals surface area contributed by atoms with Gasteiger partial charge in [-0.05, 0) is 42.5 Å². The SMILES string of the molecule is CC.CC.O=C(Cc1nnc2ccc(Nc3cccc(Cl)c3)nn12)Nc1cccnc1. The van der Waals surface area contributed by atoms with Gasteiger partial charge in [-0.3, -0.25) is 9.78 Å². The predicted molar refractivity (Wildman–Crippen MR) is 125 cm³/mol. The molecule has 0 saturated carbocycles. The number of hydrogen-bond acceptors (Lipinski definition) is 6. The fraction of sp³-hybridized carbons (Fsp3) is 0.227. The molecular weight excluding hydrogens is 414 g/mol. The largest absolute Gasteiger partial charge is 0.339 e. The van der Waals surface area contributed by atoms with E-state index in [1.807, 2.05) is 39.8 Å². The quantitative estimate of drug-likeness (QED) is 0.446. The summed E-state index contributed by atoms with van der Waals surface area (Å²) in [4.78, 5) is 16.2. The fourth-order valence-electron chi connectivity index (χ4n) is 2.51. The zero-order valence-corrected chi connectivity index (χ0v) is 18.8. The average Bonchev–Trinajstić information content (AvgIpc) is 3.19. The normalized spacial score (nSPS) is 9.71. The van der Waals surface area contributed by atoms with Crippen LogP contribution >= 0.6 is 11.6 Å². The van der Waals surface area contributed by atoms with Crippen molar-refractivity contribution in [3.63, 3.8) is 0 Å². The van der Waals surface area contributed by atoms with Crippen LogP contribution in [0.3, 0.4) is 0 Å². The van der Waals surface area contributed by atoms with E-state index >= 15 is 0 Å². The van der Waals surface area contributed by atoms with Crippen molar-refractivity contribution in [3.8, 4) is 0 Å². The summed E-state index contributed by atoms with van der Waals surface area (Å²) >= 11 is 6.00. The molecular formula is C22H26ClN7O. The molecule has 0 aliphatic rings. The molecule has 162 valence electrons. The van der Waals surface area contributed by atoms with Gasteiger partial charge in [-0.15, -0.1) is 15.3 Å². The highest BCUT2D eigenvalue weighted by Crippen LogP contribution is 2.19. The Bertz CT molecular complexity index is 1100. The first-order chi connectivity index (χ1) is 15.2. The lowest BCUT2D eigenvalue weighted by Gasteiger charge is -2.07. The minimum atomic E-state index is -0.229. The Morgan fingerprint density at radius 3 is 2.48 bits per heavy atom. The van der Waals surface area contributed by atoms with Gasteiger partial charge in [0, 0.05) is 16.9 Å². The Balaban J connectivity index is 0.000000807. The highest BCUT2D eigenvalue weighted by molar-refractivity contribution is 6.30. The van der Waals surface area contributed by atoms with Crippen molar-refractivity contribution in [2.75, 3.05) is 10.6 Å². The molecule has 4 aromatic rings. The Morgan fingerprint density at radius 2 is 1.77 bits per heavy atom. The molecule has 2 N–H and O–H groups in total. The van der Waals surface area contributed by atoms with Gasteiger partial charge >= 0.3 is 0 Å². The topological polar surface area (TPSA) is 97.1 Å². The Kier molecular flexibility index (Phi) is 9.38. The van der Waals surface area contributed by atoms with Gasteiger partial charge < -0.3 is 10.6 Å². The number of hydrogen-bond donors (Lipinski definition) is 2. The first-order valence-corrected chi connectivity index (χ1v) is 10.5. The zero-order chi connectivity index (χ0) is 22.6. The number of amides is 1. The predicted octanol–water partition coefficient (Wildman–Crippen LogP) is 5.15. The van der Waals surface area contributed by atoms with Crippen molar-refractivity contribution >= 4 is 40.3 Å². The molecule has 3 aromatic heterocycles. The van der Waals surface area contributed by atoms with Crippen LogP contribution in [0.2, 0.25) is 5.02 Å². The molecule has 0 atom stereocenters. The molecule has 0 saturated heterocycles. The third kappa shape index (κ3) is 6.75. The first-order valence-electron chi connectivity index (χ1n) is 10.1. The van der Waals surface area contributed by atoms with E-state index in [2.05, 4.69) is 30.9 Å². The standard InChI is InChI=1S/C18H14ClN7O.2C2H6/c19-12-3-1-4-13(9-12)21-15-6-7-16-23-24-17(26(16)25-15)10-18(27)22-14-5-2-8-20-11-14;2*1-2/h1-9,11H,10H2,(H,21,25)(H,22,27);2*1-2H3. The molecule has 0 aliphatic carbocycles. The number of nitrogens with zero attached hydrogens (tertiary/aromatic N) is 5. The Morgan fingerprint density at radius 1 is 1.00 bits per heavy atom. The van der Waals surface area contributed by atoms with Crippen LogP contribution in [0.15, 0.2) is 60.9 Å². The van der Waals surface area contributed by atoms with E-state index in [0.29, 0.717) is 28.0 Å². The number of fused-ring (bicyclic) bond motifs is 1. The maximum absolute atomic E-state index is 12.3. The van der Waals surface area contributed by atoms with Gasteiger partial charge in [0.15, 0.2) is 17.3 Å². The fourth-order valence-corrected chi connectivity index (χ4v) is 2.70. The van der Waals surface area contributed by atoms with Crippen LogP contribution in [-0.4, -0.2) is 30.7 Å². The van der Waals surface area contributed by atoms with Crippen molar-refractivity contribution < 1.29 is 4.79 Å². The van der Waals surface area contributed by atoms with Crippen LogP contribution in [-0.2, 0) is 11.2 Å². The number of nitrogens with one attached hydrogen (secondary N) is 2. The smallest absolute Gasteiger partial charge is 0.232 e. The van der Waals surface area contributed by atoms with Gasteiger partial charge in [0.25, 0.3) is 0 Å². The van der Waals surface area contributed by atoms with Crippen molar-refractivity contribution in [2.45, 2.75) is 34.1 Å². The molecule has 0 spiro atoms. The van der Waals surface area contributed by atoms with Crippen molar-refractivity contribution in [1.82, 2.24) is 24.8 Å². The third-order valence-electron chi connectivity index (χ3n) is 3.69. The molecule has 0 bridgehead atoms. The van der Waals surface area contributed by atoms with Crippen molar-refractivity contribution in [1.29, 1.82) is 0 Å². The molecule has 0 radical (unpaired) electrons. The van der Waals surface area contributed by atoms with Gasteiger partial charge in [-0.1, -0.05) is 45.4 Å². The second-order valence-corrected chi connectivity index (χ2v) is 6.14. The van der Waals surface area contributed by atoms with Gasteiger partial charge in [0.2, 0.25) is 5.91 Å². The highest BCUT2D eigenvalue weighted by atomic mass is 35.5. The molecule has 8 nitrogen and oxygen atoms in total. The molecule has 1 amide bonds. The summed E-state index contributed by atoms with van der Waals surface area (Å²) in [5.74, 6) is 0.784. The number of carbonyl (C=O) groups is 1. The summed E-state index contributed by atoms with van der Waals surface area (Å²) < 4.78 is 1.54. The summed E-state index contributed by atoms with van der Waals surface area (Å²) in [5, 5.41) is 19.1. The van der Waals surface area contributed by atoms with Gasteiger partial charge in [-0.25, -0.2) is 0 Å². The van der Waals surface area contributed by atoms with E-state index < -0.39 is 0 Å². The number of anilines is 3. The van der Waals surface area contributed by atoms with Crippen LogP contribution in [0, 0.1) is 0 Å². The van der Waals surface area contributed by atoms with Crippen LogP contribution in [0.25, 0.3) is 5.65 Å². The molecule has 0 unspecified atom stereocenters. The number of carbonyl (C=O) groups excluding carboxylic acids is 1. The maximum atomic E-state index is 12.3. The minimum absolute atomic E-state index is 0.0314. The number of rotatable bonds is 5.